The summed E-state index contributed by atoms with van der Waals surface area (Å²) in [5, 5.41) is 4.74. The summed E-state index contributed by atoms with van der Waals surface area (Å²) in [6.07, 6.45) is 0.669. The maximum atomic E-state index is 13.4. The Bertz CT molecular complexity index is 1370. The van der Waals surface area contributed by atoms with E-state index < -0.39 is 11.5 Å². The lowest BCUT2D eigenvalue weighted by atomic mass is 9.89. The zero-order valence-electron chi connectivity index (χ0n) is 20.8. The van der Waals surface area contributed by atoms with Gasteiger partial charge in [0, 0.05) is 28.3 Å². The molecule has 1 aliphatic rings. The molecule has 2 heterocycles. The molecule has 0 bridgehead atoms. The Morgan fingerprint density at radius 2 is 1.89 bits per heavy atom. The van der Waals surface area contributed by atoms with Gasteiger partial charge in [-0.15, -0.1) is 0 Å². The largest absolute Gasteiger partial charge is 0.496 e. The molecule has 0 aliphatic carbocycles. The molecule has 8 nitrogen and oxygen atoms in total. The zero-order chi connectivity index (χ0) is 26.0. The lowest BCUT2D eigenvalue weighted by Gasteiger charge is -2.26. The number of aromatic nitrogens is 1. The van der Waals surface area contributed by atoms with Gasteiger partial charge in [0.15, 0.2) is 5.17 Å². The fourth-order valence-corrected chi connectivity index (χ4v) is 5.78. The average molecular weight is 530 g/mol. The van der Waals surface area contributed by atoms with Crippen molar-refractivity contribution in [1.29, 1.82) is 0 Å². The number of hydrogen-bond acceptors (Lipinski definition) is 7. The minimum atomic E-state index is -0.633. The Hall–Kier alpha value is -3.17. The number of thioether (sulfide) groups is 1. The van der Waals surface area contributed by atoms with Crippen molar-refractivity contribution in [2.45, 2.75) is 32.4 Å². The van der Waals surface area contributed by atoms with Crippen LogP contribution in [0, 0.1) is 6.92 Å². The number of amidine groups is 1. The summed E-state index contributed by atoms with van der Waals surface area (Å²) < 4.78 is 17.5. The Balaban J connectivity index is 1.69. The van der Waals surface area contributed by atoms with E-state index in [9.17, 15) is 9.59 Å². The first kappa shape index (κ1) is 25.9. The molecule has 2 aromatic carbocycles. The monoisotopic (exact) mass is 529 g/mol. The van der Waals surface area contributed by atoms with E-state index in [0.29, 0.717) is 39.6 Å². The Morgan fingerprint density at radius 1 is 1.14 bits per heavy atom. The molecule has 0 saturated heterocycles. The molecular weight excluding hydrogens is 502 g/mol. The van der Waals surface area contributed by atoms with Crippen LogP contribution in [0.25, 0.3) is 10.9 Å². The summed E-state index contributed by atoms with van der Waals surface area (Å²) in [4.78, 5) is 30.4. The number of esters is 1. The van der Waals surface area contributed by atoms with Gasteiger partial charge in [-0.25, -0.2) is 4.99 Å². The number of ether oxygens (including phenoxy) is 3. The first-order valence-corrected chi connectivity index (χ1v) is 12.7. The number of methoxy groups -OCH3 is 3. The quantitative estimate of drug-likeness (QED) is 0.436. The lowest BCUT2D eigenvalue weighted by molar-refractivity contribution is -0.141. The second-order valence-corrected chi connectivity index (χ2v) is 9.86. The van der Waals surface area contributed by atoms with E-state index >= 15 is 0 Å². The number of aliphatic imine (C=N–C) groups is 1. The van der Waals surface area contributed by atoms with Crippen molar-refractivity contribution in [3.63, 3.8) is 0 Å². The van der Waals surface area contributed by atoms with Crippen molar-refractivity contribution >= 4 is 51.3 Å². The van der Waals surface area contributed by atoms with Crippen LogP contribution in [-0.4, -0.2) is 48.7 Å². The molecule has 1 amide bonds. The number of carbonyl (C=O) groups excluding carboxylic acids is 2. The van der Waals surface area contributed by atoms with Gasteiger partial charge in [-0.1, -0.05) is 41.9 Å². The molecule has 0 saturated carbocycles. The number of rotatable bonds is 7. The molecule has 0 spiro atoms. The number of nitrogens with one attached hydrogen (secondary N) is 1. The third kappa shape index (κ3) is 4.77. The summed E-state index contributed by atoms with van der Waals surface area (Å²) >= 11 is 7.76. The molecule has 10 heteroatoms. The SMILES string of the molecule is CCC1(c2cc(OC)c(Cl)cc2OC)CSC(NC(=O)c2cc3cc(C)ccc3n2CC(=O)OC)=N1. The van der Waals surface area contributed by atoms with Crippen molar-refractivity contribution in [2.75, 3.05) is 27.1 Å². The second-order valence-electron chi connectivity index (χ2n) is 8.49. The van der Waals surface area contributed by atoms with Gasteiger partial charge in [0.05, 0.1) is 26.4 Å². The predicted octanol–water partition coefficient (Wildman–Crippen LogP) is 4.93. The standard InChI is InChI=1S/C26H28ClN3O5S/c1-6-26(17-11-22(34-4)18(27)12-21(17)33-3)14-36-25(29-26)28-24(32)20-10-16-9-15(2)7-8-19(16)30(20)13-23(31)35-5/h7-12H,6,13-14H2,1-5H3,(H,28,29,32). The van der Waals surface area contributed by atoms with E-state index in [2.05, 4.69) is 5.32 Å². The summed E-state index contributed by atoms with van der Waals surface area (Å²) in [5.74, 6) is 0.939. The minimum Gasteiger partial charge on any atom is -0.496 e. The highest BCUT2D eigenvalue weighted by Crippen LogP contribution is 2.46. The van der Waals surface area contributed by atoms with E-state index in [-0.39, 0.29) is 12.5 Å². The molecule has 3 aromatic rings. The van der Waals surface area contributed by atoms with Crippen LogP contribution in [0.4, 0.5) is 0 Å². The minimum absolute atomic E-state index is 0.0773. The molecule has 1 atom stereocenters. The number of carbonyl (C=O) groups is 2. The first-order chi connectivity index (χ1) is 17.2. The number of nitrogens with zero attached hydrogens (tertiary/aromatic N) is 2. The van der Waals surface area contributed by atoms with Crippen LogP contribution in [-0.2, 0) is 21.6 Å². The van der Waals surface area contributed by atoms with Crippen LogP contribution in [0.15, 0.2) is 41.4 Å². The topological polar surface area (TPSA) is 91.2 Å². The van der Waals surface area contributed by atoms with E-state index in [1.54, 1.807) is 30.9 Å². The summed E-state index contributed by atoms with van der Waals surface area (Å²) in [7, 11) is 4.47. The highest BCUT2D eigenvalue weighted by atomic mass is 35.5. The Labute approximate surface area is 218 Å². The van der Waals surface area contributed by atoms with E-state index in [1.807, 2.05) is 38.1 Å². The van der Waals surface area contributed by atoms with E-state index in [4.69, 9.17) is 30.8 Å². The Kier molecular flexibility index (Phi) is 7.51. The first-order valence-electron chi connectivity index (χ1n) is 11.4. The fraction of sp³-hybridized carbons (Fsp3) is 0.346. The van der Waals surface area contributed by atoms with Gasteiger partial charge in [-0.3, -0.25) is 14.9 Å². The van der Waals surface area contributed by atoms with Crippen molar-refractivity contribution in [3.05, 3.63) is 58.2 Å². The number of halogens is 1. The molecule has 0 fully saturated rings. The van der Waals surface area contributed by atoms with Crippen molar-refractivity contribution in [2.24, 2.45) is 4.99 Å². The summed E-state index contributed by atoms with van der Waals surface area (Å²) in [6.45, 7) is 3.93. The van der Waals surface area contributed by atoms with Crippen molar-refractivity contribution in [3.8, 4) is 11.5 Å². The molecular formula is C26H28ClN3O5S. The highest BCUT2D eigenvalue weighted by Gasteiger charge is 2.39. The third-order valence-electron chi connectivity index (χ3n) is 6.35. The predicted molar refractivity (Wildman–Crippen MR) is 143 cm³/mol. The van der Waals surface area contributed by atoms with Gasteiger partial charge in [0.25, 0.3) is 5.91 Å². The zero-order valence-corrected chi connectivity index (χ0v) is 22.4. The summed E-state index contributed by atoms with van der Waals surface area (Å²) in [5.41, 5.74) is 2.38. The van der Waals surface area contributed by atoms with Gasteiger partial charge < -0.3 is 18.8 Å². The van der Waals surface area contributed by atoms with Crippen LogP contribution in [0.2, 0.25) is 5.02 Å². The molecule has 36 heavy (non-hydrogen) atoms. The van der Waals surface area contributed by atoms with Gasteiger partial charge in [-0.05, 0) is 37.6 Å². The highest BCUT2D eigenvalue weighted by molar-refractivity contribution is 8.14. The average Bonchev–Trinajstić information content (AvgIpc) is 3.45. The fourth-order valence-electron chi connectivity index (χ4n) is 4.35. The number of amides is 1. The molecule has 1 aliphatic heterocycles. The molecule has 0 radical (unpaired) electrons. The van der Waals surface area contributed by atoms with Gasteiger partial charge >= 0.3 is 5.97 Å². The van der Waals surface area contributed by atoms with Crippen LogP contribution < -0.4 is 14.8 Å². The normalized spacial score (nSPS) is 17.1. The third-order valence-corrected chi connectivity index (χ3v) is 7.73. The molecule has 1 unspecified atom stereocenters. The van der Waals surface area contributed by atoms with E-state index in [0.717, 1.165) is 22.0 Å². The lowest BCUT2D eigenvalue weighted by Crippen LogP contribution is -2.30. The smallest absolute Gasteiger partial charge is 0.325 e. The van der Waals surface area contributed by atoms with Crippen LogP contribution in [0.3, 0.4) is 0 Å². The van der Waals surface area contributed by atoms with Crippen LogP contribution >= 0.6 is 23.4 Å². The van der Waals surface area contributed by atoms with Gasteiger partial charge in [0.1, 0.15) is 29.3 Å². The maximum absolute atomic E-state index is 13.4. The number of hydrogen-bond donors (Lipinski definition) is 1. The van der Waals surface area contributed by atoms with E-state index in [1.165, 1.54) is 18.9 Å². The van der Waals surface area contributed by atoms with Gasteiger partial charge in [-0.2, -0.15) is 0 Å². The molecule has 1 N–H and O–H groups in total. The maximum Gasteiger partial charge on any atom is 0.325 e. The number of benzene rings is 2. The number of fused-ring (bicyclic) bond motifs is 1. The van der Waals surface area contributed by atoms with Crippen molar-refractivity contribution in [1.82, 2.24) is 9.88 Å². The van der Waals surface area contributed by atoms with Crippen LogP contribution in [0.1, 0.15) is 35.0 Å². The molecule has 1 aromatic heterocycles. The summed E-state index contributed by atoms with van der Waals surface area (Å²) in [6, 6.07) is 11.2. The number of aryl methyl sites for hydroxylation is 1. The van der Waals surface area contributed by atoms with Crippen LogP contribution in [0.5, 0.6) is 11.5 Å². The molecule has 190 valence electrons. The molecule has 4 rings (SSSR count). The van der Waals surface area contributed by atoms with Gasteiger partial charge in [0.2, 0.25) is 0 Å². The van der Waals surface area contributed by atoms with Crippen molar-refractivity contribution < 1.29 is 23.8 Å². The second kappa shape index (κ2) is 10.4. The Morgan fingerprint density at radius 3 is 2.56 bits per heavy atom.